The standard InChI is InChI=1S/C15H19NO3/c1-2-3-10-19-13-4-5-14-12(11-13)6-7-16(8-9-17)15(14)18/h4-7,11,17H,2-3,8-10H2,1H3. The van der Waals surface area contributed by atoms with Crippen molar-refractivity contribution in [2.24, 2.45) is 0 Å². The first kappa shape index (κ1) is 13.6. The average molecular weight is 261 g/mol. The zero-order valence-electron chi connectivity index (χ0n) is 11.1. The molecule has 0 spiro atoms. The number of pyridine rings is 1. The molecule has 0 aliphatic rings. The number of hydrogen-bond donors (Lipinski definition) is 1. The third kappa shape index (κ3) is 3.15. The molecule has 1 N–H and O–H groups in total. The van der Waals surface area contributed by atoms with E-state index in [2.05, 4.69) is 6.92 Å². The molecule has 1 heterocycles. The minimum absolute atomic E-state index is 0.0381. The van der Waals surface area contributed by atoms with Crippen LogP contribution >= 0.6 is 0 Å². The van der Waals surface area contributed by atoms with Crippen LogP contribution in [0.15, 0.2) is 35.3 Å². The van der Waals surface area contributed by atoms with Crippen molar-refractivity contribution in [1.82, 2.24) is 4.57 Å². The van der Waals surface area contributed by atoms with E-state index in [1.807, 2.05) is 18.2 Å². The number of nitrogens with zero attached hydrogens (tertiary/aromatic N) is 1. The van der Waals surface area contributed by atoms with Gasteiger partial charge in [0.2, 0.25) is 0 Å². The van der Waals surface area contributed by atoms with Crippen LogP contribution in [0.3, 0.4) is 0 Å². The summed E-state index contributed by atoms with van der Waals surface area (Å²) < 4.78 is 7.14. The Bertz CT molecular complexity index is 604. The molecule has 2 aromatic rings. The molecular weight excluding hydrogens is 242 g/mol. The second-order valence-electron chi connectivity index (χ2n) is 4.49. The Kier molecular flexibility index (Phi) is 4.58. The number of unbranched alkanes of at least 4 members (excludes halogenated alkanes) is 1. The minimum atomic E-state index is -0.0772. The van der Waals surface area contributed by atoms with Crippen molar-refractivity contribution >= 4 is 10.8 Å². The first-order valence-electron chi connectivity index (χ1n) is 6.63. The van der Waals surface area contributed by atoms with Gasteiger partial charge in [-0.3, -0.25) is 4.79 Å². The van der Waals surface area contributed by atoms with Crippen LogP contribution in [0.1, 0.15) is 19.8 Å². The van der Waals surface area contributed by atoms with E-state index in [1.54, 1.807) is 12.3 Å². The summed E-state index contributed by atoms with van der Waals surface area (Å²) in [5.74, 6) is 0.792. The van der Waals surface area contributed by atoms with Crippen molar-refractivity contribution in [3.05, 3.63) is 40.8 Å². The topological polar surface area (TPSA) is 51.5 Å². The molecule has 2 rings (SSSR count). The van der Waals surface area contributed by atoms with E-state index >= 15 is 0 Å². The fraction of sp³-hybridized carbons (Fsp3) is 0.400. The fourth-order valence-corrected chi connectivity index (χ4v) is 1.97. The van der Waals surface area contributed by atoms with E-state index in [0.29, 0.717) is 18.5 Å². The van der Waals surface area contributed by atoms with E-state index in [0.717, 1.165) is 24.0 Å². The Hall–Kier alpha value is -1.81. The third-order valence-corrected chi connectivity index (χ3v) is 3.06. The maximum absolute atomic E-state index is 12.1. The maximum Gasteiger partial charge on any atom is 0.258 e. The van der Waals surface area contributed by atoms with Gasteiger partial charge in [0.1, 0.15) is 5.75 Å². The smallest absolute Gasteiger partial charge is 0.258 e. The Morgan fingerprint density at radius 2 is 2.16 bits per heavy atom. The summed E-state index contributed by atoms with van der Waals surface area (Å²) in [6.07, 6.45) is 3.83. The van der Waals surface area contributed by atoms with Crippen LogP contribution in [0, 0.1) is 0 Å². The molecule has 0 aliphatic heterocycles. The van der Waals surface area contributed by atoms with Gasteiger partial charge in [0.15, 0.2) is 0 Å². The van der Waals surface area contributed by atoms with Crippen LogP contribution < -0.4 is 10.3 Å². The van der Waals surface area contributed by atoms with E-state index in [9.17, 15) is 4.79 Å². The summed E-state index contributed by atoms with van der Waals surface area (Å²) in [4.78, 5) is 12.1. The number of aliphatic hydroxyl groups excluding tert-OH is 1. The summed E-state index contributed by atoms with van der Waals surface area (Å²) >= 11 is 0. The number of rotatable bonds is 6. The van der Waals surface area contributed by atoms with E-state index < -0.39 is 0 Å². The van der Waals surface area contributed by atoms with Gasteiger partial charge >= 0.3 is 0 Å². The molecule has 0 aliphatic carbocycles. The summed E-state index contributed by atoms with van der Waals surface area (Å²) in [5.41, 5.74) is -0.0772. The largest absolute Gasteiger partial charge is 0.494 e. The molecule has 0 amide bonds. The Balaban J connectivity index is 2.29. The molecule has 0 fully saturated rings. The third-order valence-electron chi connectivity index (χ3n) is 3.06. The van der Waals surface area contributed by atoms with Crippen molar-refractivity contribution in [3.8, 4) is 5.75 Å². The number of ether oxygens (including phenoxy) is 1. The normalized spacial score (nSPS) is 10.8. The molecule has 1 aromatic carbocycles. The lowest BCUT2D eigenvalue weighted by atomic mass is 10.1. The Morgan fingerprint density at radius 3 is 2.89 bits per heavy atom. The summed E-state index contributed by atoms with van der Waals surface area (Å²) in [6, 6.07) is 7.37. The zero-order chi connectivity index (χ0) is 13.7. The van der Waals surface area contributed by atoms with Crippen LogP contribution in [0.2, 0.25) is 0 Å². The lowest BCUT2D eigenvalue weighted by Crippen LogP contribution is -2.20. The number of fused-ring (bicyclic) bond motifs is 1. The van der Waals surface area contributed by atoms with Crippen molar-refractivity contribution in [2.45, 2.75) is 26.3 Å². The monoisotopic (exact) mass is 261 g/mol. The summed E-state index contributed by atoms with van der Waals surface area (Å²) in [5, 5.41) is 10.4. The molecule has 4 nitrogen and oxygen atoms in total. The molecule has 0 saturated heterocycles. The fourth-order valence-electron chi connectivity index (χ4n) is 1.97. The summed E-state index contributed by atoms with van der Waals surface area (Å²) in [6.45, 7) is 3.10. The van der Waals surface area contributed by atoms with Gasteiger partial charge in [-0.15, -0.1) is 0 Å². The first-order chi connectivity index (χ1) is 9.26. The van der Waals surface area contributed by atoms with E-state index in [-0.39, 0.29) is 12.2 Å². The minimum Gasteiger partial charge on any atom is -0.494 e. The van der Waals surface area contributed by atoms with Gasteiger partial charge in [0.05, 0.1) is 13.2 Å². The molecular formula is C15H19NO3. The molecule has 102 valence electrons. The van der Waals surface area contributed by atoms with Crippen LogP contribution in [0.25, 0.3) is 10.8 Å². The van der Waals surface area contributed by atoms with Crippen molar-refractivity contribution in [1.29, 1.82) is 0 Å². The number of aromatic nitrogens is 1. The Labute approximate surface area is 112 Å². The van der Waals surface area contributed by atoms with Gasteiger partial charge in [0, 0.05) is 18.1 Å². The second kappa shape index (κ2) is 6.38. The highest BCUT2D eigenvalue weighted by Crippen LogP contribution is 2.18. The van der Waals surface area contributed by atoms with Crippen molar-refractivity contribution in [3.63, 3.8) is 0 Å². The maximum atomic E-state index is 12.1. The van der Waals surface area contributed by atoms with Crippen LogP contribution in [-0.2, 0) is 6.54 Å². The number of aliphatic hydroxyl groups is 1. The zero-order valence-corrected chi connectivity index (χ0v) is 11.1. The summed E-state index contributed by atoms with van der Waals surface area (Å²) in [7, 11) is 0. The lowest BCUT2D eigenvalue weighted by Gasteiger charge is -2.08. The highest BCUT2D eigenvalue weighted by Gasteiger charge is 2.04. The Morgan fingerprint density at radius 1 is 1.32 bits per heavy atom. The lowest BCUT2D eigenvalue weighted by molar-refractivity contribution is 0.274. The number of benzene rings is 1. The molecule has 0 saturated carbocycles. The van der Waals surface area contributed by atoms with Crippen LogP contribution in [0.4, 0.5) is 0 Å². The number of hydrogen-bond acceptors (Lipinski definition) is 3. The second-order valence-corrected chi connectivity index (χ2v) is 4.49. The molecule has 19 heavy (non-hydrogen) atoms. The molecule has 0 atom stereocenters. The van der Waals surface area contributed by atoms with Crippen molar-refractivity contribution in [2.75, 3.05) is 13.2 Å². The quantitative estimate of drug-likeness (QED) is 0.811. The van der Waals surface area contributed by atoms with Crippen LogP contribution in [-0.4, -0.2) is 22.9 Å². The van der Waals surface area contributed by atoms with Gasteiger partial charge in [-0.1, -0.05) is 13.3 Å². The van der Waals surface area contributed by atoms with E-state index in [1.165, 1.54) is 4.57 Å². The van der Waals surface area contributed by atoms with Crippen LogP contribution in [0.5, 0.6) is 5.75 Å². The van der Waals surface area contributed by atoms with Crippen molar-refractivity contribution < 1.29 is 9.84 Å². The molecule has 0 bridgehead atoms. The van der Waals surface area contributed by atoms with Gasteiger partial charge in [-0.2, -0.15) is 0 Å². The van der Waals surface area contributed by atoms with Gasteiger partial charge in [0.25, 0.3) is 5.56 Å². The molecule has 4 heteroatoms. The average Bonchev–Trinajstić information content (AvgIpc) is 2.42. The molecule has 1 aromatic heterocycles. The van der Waals surface area contributed by atoms with Gasteiger partial charge in [-0.05, 0) is 36.1 Å². The van der Waals surface area contributed by atoms with E-state index in [4.69, 9.17) is 9.84 Å². The highest BCUT2D eigenvalue weighted by molar-refractivity contribution is 5.82. The van der Waals surface area contributed by atoms with Gasteiger partial charge in [-0.25, -0.2) is 0 Å². The SMILES string of the molecule is CCCCOc1ccc2c(=O)n(CCO)ccc2c1. The molecule has 0 radical (unpaired) electrons. The molecule has 0 unspecified atom stereocenters. The predicted molar refractivity (Wildman–Crippen MR) is 75.7 cm³/mol. The first-order valence-corrected chi connectivity index (χ1v) is 6.63. The predicted octanol–water partition coefficient (Wildman–Crippen LogP) is 2.17. The highest BCUT2D eigenvalue weighted by atomic mass is 16.5. The van der Waals surface area contributed by atoms with Gasteiger partial charge < -0.3 is 14.4 Å².